The highest BCUT2D eigenvalue weighted by atomic mass is 35.5. The first-order valence-corrected chi connectivity index (χ1v) is 10.2. The molecule has 0 bridgehead atoms. The molecule has 0 saturated carbocycles. The number of nitrogens with one attached hydrogen (secondary N) is 1. The Balaban J connectivity index is 1.90. The van der Waals surface area contributed by atoms with Gasteiger partial charge in [-0.25, -0.2) is 8.42 Å². The summed E-state index contributed by atoms with van der Waals surface area (Å²) in [4.78, 5) is 12.2. The van der Waals surface area contributed by atoms with Crippen molar-refractivity contribution in [2.45, 2.75) is 18.2 Å². The summed E-state index contributed by atoms with van der Waals surface area (Å²) in [6.45, 7) is 1.99. The van der Waals surface area contributed by atoms with Crippen molar-refractivity contribution in [2.75, 3.05) is 4.72 Å². The zero-order valence-corrected chi connectivity index (χ0v) is 16.5. The van der Waals surface area contributed by atoms with Gasteiger partial charge in [0.25, 0.3) is 15.6 Å². The van der Waals surface area contributed by atoms with E-state index in [1.165, 1.54) is 30.5 Å². The molecule has 1 aromatic heterocycles. The molecular formula is C18H15Cl2N3O3S. The smallest absolute Gasteiger partial charge is 0.280 e. The maximum absolute atomic E-state index is 12.6. The monoisotopic (exact) mass is 423 g/mol. The topological polar surface area (TPSA) is 81.1 Å². The van der Waals surface area contributed by atoms with E-state index < -0.39 is 15.6 Å². The highest BCUT2D eigenvalue weighted by Crippen LogP contribution is 2.20. The van der Waals surface area contributed by atoms with Crippen LogP contribution in [0.25, 0.3) is 5.69 Å². The van der Waals surface area contributed by atoms with Crippen molar-refractivity contribution in [3.8, 4) is 5.69 Å². The summed E-state index contributed by atoms with van der Waals surface area (Å²) in [6.07, 6.45) is 2.05. The lowest BCUT2D eigenvalue weighted by molar-refractivity contribution is 0.601. The SMILES string of the molecule is CCc1cccc(NS(=O)(=O)c2ccc(-n3ncc(Cl)c(Cl)c3=O)cc2)c1. The van der Waals surface area contributed by atoms with E-state index in [4.69, 9.17) is 23.2 Å². The molecule has 0 radical (unpaired) electrons. The fourth-order valence-electron chi connectivity index (χ4n) is 2.43. The first-order valence-electron chi connectivity index (χ1n) is 7.97. The van der Waals surface area contributed by atoms with Crippen molar-refractivity contribution >= 4 is 38.9 Å². The number of aromatic nitrogens is 2. The minimum Gasteiger partial charge on any atom is -0.280 e. The number of halogens is 2. The Morgan fingerprint density at radius 2 is 1.81 bits per heavy atom. The summed E-state index contributed by atoms with van der Waals surface area (Å²) in [5, 5.41) is 3.81. The lowest BCUT2D eigenvalue weighted by atomic mass is 10.1. The predicted octanol–water partition coefficient (Wildman–Crippen LogP) is 3.90. The van der Waals surface area contributed by atoms with Crippen LogP contribution in [0.4, 0.5) is 5.69 Å². The second kappa shape index (κ2) is 7.72. The Hall–Kier alpha value is -2.35. The van der Waals surface area contributed by atoms with Gasteiger partial charge in [-0.2, -0.15) is 9.78 Å². The fraction of sp³-hybridized carbons (Fsp3) is 0.111. The Morgan fingerprint density at radius 1 is 1.11 bits per heavy atom. The average molecular weight is 424 g/mol. The Morgan fingerprint density at radius 3 is 2.48 bits per heavy atom. The largest absolute Gasteiger partial charge is 0.291 e. The first kappa shape index (κ1) is 19.4. The molecule has 0 aliphatic rings. The summed E-state index contributed by atoms with van der Waals surface area (Å²) in [6, 6.07) is 12.9. The van der Waals surface area contributed by atoms with E-state index in [2.05, 4.69) is 9.82 Å². The van der Waals surface area contributed by atoms with Gasteiger partial charge in [0, 0.05) is 5.69 Å². The third-order valence-corrected chi connectivity index (χ3v) is 6.00. The number of hydrogen-bond acceptors (Lipinski definition) is 4. The van der Waals surface area contributed by atoms with E-state index in [1.807, 2.05) is 13.0 Å². The van der Waals surface area contributed by atoms with Gasteiger partial charge in [-0.3, -0.25) is 9.52 Å². The fourth-order valence-corrected chi connectivity index (χ4v) is 3.73. The summed E-state index contributed by atoms with van der Waals surface area (Å²) < 4.78 is 28.8. The van der Waals surface area contributed by atoms with Crippen LogP contribution in [0.2, 0.25) is 10.0 Å². The molecule has 6 nitrogen and oxygen atoms in total. The quantitative estimate of drug-likeness (QED) is 0.674. The summed E-state index contributed by atoms with van der Waals surface area (Å²) in [5.74, 6) is 0. The van der Waals surface area contributed by atoms with Crippen LogP contribution < -0.4 is 10.3 Å². The lowest BCUT2D eigenvalue weighted by Crippen LogP contribution is -2.21. The first-order chi connectivity index (χ1) is 12.8. The van der Waals surface area contributed by atoms with Crippen molar-refractivity contribution in [1.82, 2.24) is 9.78 Å². The summed E-state index contributed by atoms with van der Waals surface area (Å²) >= 11 is 11.6. The van der Waals surface area contributed by atoms with Gasteiger partial charge in [-0.15, -0.1) is 0 Å². The van der Waals surface area contributed by atoms with Crippen LogP contribution in [-0.2, 0) is 16.4 Å². The predicted molar refractivity (Wildman–Crippen MR) is 106 cm³/mol. The number of hydrogen-bond donors (Lipinski definition) is 1. The van der Waals surface area contributed by atoms with E-state index >= 15 is 0 Å². The van der Waals surface area contributed by atoms with E-state index in [1.54, 1.807) is 18.2 Å². The molecule has 1 N–H and O–H groups in total. The van der Waals surface area contributed by atoms with Gasteiger partial charge in [0.1, 0.15) is 5.02 Å². The Labute approximate surface area is 166 Å². The van der Waals surface area contributed by atoms with Crippen LogP contribution in [0.5, 0.6) is 0 Å². The molecule has 140 valence electrons. The van der Waals surface area contributed by atoms with Gasteiger partial charge in [0.05, 0.1) is 21.8 Å². The molecule has 3 rings (SSSR count). The maximum atomic E-state index is 12.6. The number of anilines is 1. The van der Waals surface area contributed by atoms with E-state index in [0.29, 0.717) is 11.4 Å². The molecule has 0 aliphatic heterocycles. The molecule has 0 saturated heterocycles. The summed E-state index contributed by atoms with van der Waals surface area (Å²) in [7, 11) is -3.77. The van der Waals surface area contributed by atoms with Gasteiger partial charge >= 0.3 is 0 Å². The van der Waals surface area contributed by atoms with E-state index in [9.17, 15) is 13.2 Å². The minimum absolute atomic E-state index is 0.0515. The lowest BCUT2D eigenvalue weighted by Gasteiger charge is -2.10. The minimum atomic E-state index is -3.77. The number of rotatable bonds is 5. The molecule has 9 heteroatoms. The van der Waals surface area contributed by atoms with Crippen molar-refractivity contribution in [1.29, 1.82) is 0 Å². The average Bonchev–Trinajstić information content (AvgIpc) is 2.66. The Bertz CT molecular complexity index is 1140. The zero-order chi connectivity index (χ0) is 19.6. The van der Waals surface area contributed by atoms with Crippen molar-refractivity contribution in [3.05, 3.63) is 80.7 Å². The molecular weight excluding hydrogens is 409 g/mol. The highest BCUT2D eigenvalue weighted by molar-refractivity contribution is 7.92. The zero-order valence-electron chi connectivity index (χ0n) is 14.2. The van der Waals surface area contributed by atoms with Crippen molar-refractivity contribution in [2.24, 2.45) is 0 Å². The molecule has 0 amide bonds. The van der Waals surface area contributed by atoms with Crippen LogP contribution in [0.15, 0.2) is 64.4 Å². The number of benzene rings is 2. The number of nitrogens with zero attached hydrogens (tertiary/aromatic N) is 2. The second-order valence-corrected chi connectivity index (χ2v) is 8.14. The van der Waals surface area contributed by atoms with Gasteiger partial charge in [-0.05, 0) is 48.4 Å². The third-order valence-electron chi connectivity index (χ3n) is 3.86. The van der Waals surface area contributed by atoms with Crippen LogP contribution in [-0.4, -0.2) is 18.2 Å². The van der Waals surface area contributed by atoms with Gasteiger partial charge in [0.2, 0.25) is 0 Å². The van der Waals surface area contributed by atoms with Gasteiger partial charge in [-0.1, -0.05) is 42.3 Å². The van der Waals surface area contributed by atoms with Crippen LogP contribution in [0, 0.1) is 0 Å². The van der Waals surface area contributed by atoms with Gasteiger partial charge in [0.15, 0.2) is 0 Å². The maximum Gasteiger partial charge on any atom is 0.291 e. The van der Waals surface area contributed by atoms with E-state index in [0.717, 1.165) is 16.7 Å². The molecule has 3 aromatic rings. The van der Waals surface area contributed by atoms with Crippen LogP contribution in [0.1, 0.15) is 12.5 Å². The highest BCUT2D eigenvalue weighted by Gasteiger charge is 2.15. The second-order valence-electron chi connectivity index (χ2n) is 5.68. The van der Waals surface area contributed by atoms with Gasteiger partial charge < -0.3 is 0 Å². The molecule has 0 spiro atoms. The molecule has 2 aromatic carbocycles. The van der Waals surface area contributed by atoms with E-state index in [-0.39, 0.29) is 14.9 Å². The molecule has 0 fully saturated rings. The Kier molecular flexibility index (Phi) is 5.55. The third kappa shape index (κ3) is 4.16. The molecule has 27 heavy (non-hydrogen) atoms. The normalized spacial score (nSPS) is 11.4. The molecule has 0 atom stereocenters. The molecule has 0 unspecified atom stereocenters. The summed E-state index contributed by atoms with van der Waals surface area (Å²) in [5.41, 5.74) is 1.29. The molecule has 0 aliphatic carbocycles. The van der Waals surface area contributed by atoms with Crippen LogP contribution in [0.3, 0.4) is 0 Å². The standard InChI is InChI=1S/C18H15Cl2N3O3S/c1-2-12-4-3-5-13(10-12)22-27(25,26)15-8-6-14(7-9-15)23-18(24)17(20)16(19)11-21-23/h3-11,22H,2H2,1H3. The number of aryl methyl sites for hydroxylation is 1. The molecule has 1 heterocycles. The number of sulfonamides is 1. The van der Waals surface area contributed by atoms with Crippen LogP contribution >= 0.6 is 23.2 Å². The van der Waals surface area contributed by atoms with Crippen molar-refractivity contribution in [3.63, 3.8) is 0 Å². The van der Waals surface area contributed by atoms with Crippen molar-refractivity contribution < 1.29 is 8.42 Å².